The molecule has 0 aromatic carbocycles. The summed E-state index contributed by atoms with van der Waals surface area (Å²) in [4.78, 5) is 0. The second-order valence-corrected chi connectivity index (χ2v) is 40.0. The molecule has 0 heterocycles. The van der Waals surface area contributed by atoms with E-state index in [4.69, 9.17) is 26.6 Å². The molecule has 0 N–H and O–H groups in total. The fourth-order valence-electron chi connectivity index (χ4n) is 16.1. The van der Waals surface area contributed by atoms with Crippen molar-refractivity contribution in [2.75, 3.05) is 39.6 Å². The molecule has 0 saturated heterocycles. The van der Waals surface area contributed by atoms with E-state index in [2.05, 4.69) is 41.5 Å². The molecule has 0 unspecified atom stereocenters. The molecule has 0 bridgehead atoms. The highest BCUT2D eigenvalue weighted by atomic mass is 28.4. The first kappa shape index (κ1) is 106. The summed E-state index contributed by atoms with van der Waals surface area (Å²) in [5, 5.41) is 0. The highest BCUT2D eigenvalue weighted by Crippen LogP contribution is 2.31. The van der Waals surface area contributed by atoms with Crippen LogP contribution in [0.4, 0.5) is 0 Å². The van der Waals surface area contributed by atoms with Gasteiger partial charge in [-0.05, 0) is 38.5 Å². The second-order valence-electron chi connectivity index (χ2n) is 34.5. The fourth-order valence-corrected chi connectivity index (χ4v) is 22.7. The molecule has 0 atom stereocenters. The summed E-state index contributed by atoms with van der Waals surface area (Å²) >= 11 is 0. The van der Waals surface area contributed by atoms with Crippen LogP contribution >= 0.6 is 0 Å². The average Bonchev–Trinajstić information content (AvgIpc) is 0.834. The van der Waals surface area contributed by atoms with Crippen molar-refractivity contribution in [1.82, 2.24) is 0 Å². The van der Waals surface area contributed by atoms with Crippen LogP contribution in [0.5, 0.6) is 0 Å². The Morgan fingerprint density at radius 2 is 0.179 bits per heavy atom. The first-order valence-corrected chi connectivity index (χ1v) is 54.3. The third kappa shape index (κ3) is 83.6. The van der Waals surface area contributed by atoms with E-state index in [-0.39, 0.29) is 0 Å². The van der Waals surface area contributed by atoms with E-state index in [1.54, 1.807) is 0 Å². The van der Waals surface area contributed by atoms with E-state index in [1.165, 1.54) is 501 Å². The Labute approximate surface area is 672 Å². The predicted molar refractivity (Wildman–Crippen MR) is 479 cm³/mol. The maximum absolute atomic E-state index is 7.41. The summed E-state index contributed by atoms with van der Waals surface area (Å²) in [5.41, 5.74) is 0. The van der Waals surface area contributed by atoms with Gasteiger partial charge in [0.05, 0.1) is 0 Å². The summed E-state index contributed by atoms with van der Waals surface area (Å²) in [6, 6.07) is 1.48. The molecule has 0 saturated carbocycles. The SMILES string of the molecule is CCCCCCCCCCCCCCCCO[Si](CC[Si](OCCCCCCCCCCCCCCCC)(OCCCCCCCCCCCCCCCC)OCCCCCCCCCCCCCCCC)(OCCCCCCCCCCCCCCCC)OCCCCCCCCCCCCCCCC. The lowest BCUT2D eigenvalue weighted by Crippen LogP contribution is -2.52. The van der Waals surface area contributed by atoms with Crippen molar-refractivity contribution in [3.63, 3.8) is 0 Å². The molecule has 0 spiro atoms. The zero-order valence-electron chi connectivity index (χ0n) is 74.5. The standard InChI is InChI=1S/C98H202O6Si2/c1-7-13-19-25-31-37-43-49-55-61-67-73-79-85-91-99-105(100-92-86-80-74-68-62-56-50-44-38-32-26-20-14-8-2,101-93-87-81-75-69-63-57-51-45-39-33-27-21-15-9-3)97-98-106(102-94-88-82-76-70-64-58-52-46-40-34-28-22-16-10-4,103-95-89-83-77-71-65-59-53-47-41-35-29-23-17-11-5)104-96-90-84-78-72-66-60-54-48-42-36-30-24-18-12-6/h7-98H2,1-6H3. The molecule has 106 heavy (non-hydrogen) atoms. The van der Waals surface area contributed by atoms with Gasteiger partial charge in [-0.3, -0.25) is 0 Å². The van der Waals surface area contributed by atoms with Crippen molar-refractivity contribution >= 4 is 17.6 Å². The molecule has 0 fully saturated rings. The highest BCUT2D eigenvalue weighted by molar-refractivity contribution is 6.66. The third-order valence-electron chi connectivity index (χ3n) is 23.7. The first-order valence-electron chi connectivity index (χ1n) is 50.4. The summed E-state index contributed by atoms with van der Waals surface area (Å²) in [6.45, 7) is 18.4. The predicted octanol–water partition coefficient (Wildman–Crippen LogP) is 35.9. The Balaban J connectivity index is 6.71. The van der Waals surface area contributed by atoms with Gasteiger partial charge in [0.1, 0.15) is 0 Å². The summed E-state index contributed by atoms with van der Waals surface area (Å²) in [6.07, 6.45) is 114. The summed E-state index contributed by atoms with van der Waals surface area (Å²) in [5.74, 6) is 0. The van der Waals surface area contributed by atoms with Gasteiger partial charge in [0.15, 0.2) is 0 Å². The van der Waals surface area contributed by atoms with Crippen molar-refractivity contribution in [3.05, 3.63) is 0 Å². The lowest BCUT2D eigenvalue weighted by Gasteiger charge is -2.34. The van der Waals surface area contributed by atoms with E-state index in [1.807, 2.05) is 0 Å². The molecule has 6 nitrogen and oxygen atoms in total. The van der Waals surface area contributed by atoms with Crippen LogP contribution in [0.2, 0.25) is 12.1 Å². The zero-order chi connectivity index (χ0) is 76.3. The Hall–Kier alpha value is 0.194. The van der Waals surface area contributed by atoms with Crippen LogP contribution in [0.15, 0.2) is 0 Å². The Morgan fingerprint density at radius 3 is 0.264 bits per heavy atom. The number of unbranched alkanes of at least 4 members (excludes halogenated alkanes) is 78. The minimum atomic E-state index is -3.19. The minimum Gasteiger partial charge on any atom is -0.373 e. The highest BCUT2D eigenvalue weighted by Gasteiger charge is 2.49. The van der Waals surface area contributed by atoms with Crippen LogP contribution in [-0.2, 0) is 26.6 Å². The lowest BCUT2D eigenvalue weighted by atomic mass is 10.0. The van der Waals surface area contributed by atoms with Crippen molar-refractivity contribution in [3.8, 4) is 0 Å². The van der Waals surface area contributed by atoms with E-state index < -0.39 is 17.6 Å². The molecule has 0 rings (SSSR count). The lowest BCUT2D eigenvalue weighted by molar-refractivity contribution is 0.0431. The monoisotopic (exact) mass is 1530 g/mol. The smallest absolute Gasteiger partial charge is 0.373 e. The Kier molecular flexibility index (Phi) is 94.2. The molecular weight excluding hydrogens is 1330 g/mol. The van der Waals surface area contributed by atoms with Crippen LogP contribution in [0.25, 0.3) is 0 Å². The van der Waals surface area contributed by atoms with Gasteiger partial charge in [0, 0.05) is 51.7 Å². The maximum atomic E-state index is 7.41. The van der Waals surface area contributed by atoms with Gasteiger partial charge < -0.3 is 26.6 Å². The van der Waals surface area contributed by atoms with Crippen molar-refractivity contribution in [2.24, 2.45) is 0 Å². The van der Waals surface area contributed by atoms with E-state index in [0.29, 0.717) is 0 Å². The van der Waals surface area contributed by atoms with Gasteiger partial charge in [0.2, 0.25) is 0 Å². The molecular formula is C98H202O6Si2. The van der Waals surface area contributed by atoms with Crippen LogP contribution in [-0.4, -0.2) is 57.3 Å². The first-order chi connectivity index (χ1) is 52.6. The summed E-state index contributed by atoms with van der Waals surface area (Å²) < 4.78 is 44.5. The maximum Gasteiger partial charge on any atom is 0.500 e. The van der Waals surface area contributed by atoms with Crippen LogP contribution in [0.1, 0.15) is 581 Å². The number of hydrogen-bond acceptors (Lipinski definition) is 6. The van der Waals surface area contributed by atoms with Crippen LogP contribution in [0.3, 0.4) is 0 Å². The molecule has 0 aliphatic carbocycles. The van der Waals surface area contributed by atoms with E-state index in [9.17, 15) is 0 Å². The zero-order valence-corrected chi connectivity index (χ0v) is 76.5. The molecule has 638 valence electrons. The average molecular weight is 1530 g/mol. The van der Waals surface area contributed by atoms with Crippen molar-refractivity contribution in [1.29, 1.82) is 0 Å². The van der Waals surface area contributed by atoms with Crippen LogP contribution in [0, 0.1) is 0 Å². The molecule has 0 aromatic heterocycles. The topological polar surface area (TPSA) is 55.4 Å². The van der Waals surface area contributed by atoms with Gasteiger partial charge in [-0.1, -0.05) is 542 Å². The van der Waals surface area contributed by atoms with Crippen molar-refractivity contribution < 1.29 is 26.6 Å². The molecule has 0 radical (unpaired) electrons. The van der Waals surface area contributed by atoms with Gasteiger partial charge in [-0.2, -0.15) is 0 Å². The van der Waals surface area contributed by atoms with Gasteiger partial charge in [0.25, 0.3) is 0 Å². The largest absolute Gasteiger partial charge is 0.500 e. The number of rotatable bonds is 99. The number of hydrogen-bond donors (Lipinski definition) is 0. The van der Waals surface area contributed by atoms with Gasteiger partial charge in [-0.15, -0.1) is 0 Å². The van der Waals surface area contributed by atoms with E-state index in [0.717, 1.165) is 90.3 Å². The third-order valence-corrected chi connectivity index (χ3v) is 29.7. The van der Waals surface area contributed by atoms with Gasteiger partial charge >= 0.3 is 17.6 Å². The molecule has 0 amide bonds. The van der Waals surface area contributed by atoms with E-state index >= 15 is 0 Å². The fraction of sp³-hybridized carbons (Fsp3) is 1.00. The van der Waals surface area contributed by atoms with Gasteiger partial charge in [-0.25, -0.2) is 0 Å². The summed E-state index contributed by atoms with van der Waals surface area (Å²) in [7, 11) is -6.39. The molecule has 0 aliphatic heterocycles. The Bertz CT molecular complexity index is 1260. The molecule has 8 heteroatoms. The normalized spacial score (nSPS) is 12.2. The second kappa shape index (κ2) is 94.1. The molecule has 0 aliphatic rings. The molecule has 0 aromatic rings. The minimum absolute atomic E-state index is 0.732. The Morgan fingerprint density at radius 1 is 0.104 bits per heavy atom. The van der Waals surface area contributed by atoms with Crippen LogP contribution < -0.4 is 0 Å². The van der Waals surface area contributed by atoms with Crippen molar-refractivity contribution in [2.45, 2.75) is 593 Å². The quantitative estimate of drug-likeness (QED) is 0.0447.